The van der Waals surface area contributed by atoms with Crippen LogP contribution in [0, 0.1) is 11.6 Å². The zero-order chi connectivity index (χ0) is 24.7. The van der Waals surface area contributed by atoms with Crippen molar-refractivity contribution in [3.63, 3.8) is 0 Å². The molecule has 0 heterocycles. The van der Waals surface area contributed by atoms with E-state index in [1.165, 1.54) is 5.48 Å². The highest BCUT2D eigenvalue weighted by atomic mass is 19.1. The lowest BCUT2D eigenvalue weighted by Crippen LogP contribution is -2.46. The van der Waals surface area contributed by atoms with Crippen molar-refractivity contribution in [3.05, 3.63) is 59.2 Å². The topological polar surface area (TPSA) is 188 Å². The molecule has 0 spiro atoms. The van der Waals surface area contributed by atoms with E-state index in [1.54, 1.807) is 0 Å². The molecule has 15 heteroatoms. The predicted octanol–water partition coefficient (Wildman–Crippen LogP) is -3.25. The number of hydrogen-bond donors (Lipinski definition) is 8. The summed E-state index contributed by atoms with van der Waals surface area (Å²) in [5.41, 5.74) is 0.184. The van der Waals surface area contributed by atoms with Gasteiger partial charge in [-0.2, -0.15) is 0 Å². The van der Waals surface area contributed by atoms with Crippen LogP contribution in [0.5, 0.6) is 0 Å². The molecule has 0 fully saturated rings. The number of nitrogens with one attached hydrogen (secondary N) is 3. The molecule has 0 aliphatic carbocycles. The number of amides is 3. The summed E-state index contributed by atoms with van der Waals surface area (Å²) in [6.45, 7) is -0.406. The second-order valence-corrected chi connectivity index (χ2v) is 6.91. The maximum absolute atomic E-state index is 13.7. The van der Waals surface area contributed by atoms with Gasteiger partial charge >= 0.3 is 14.2 Å². The Hall–Kier alpha value is -3.36. The molecule has 3 amide bonds. The van der Waals surface area contributed by atoms with Crippen LogP contribution in [0.1, 0.15) is 27.1 Å². The summed E-state index contributed by atoms with van der Waals surface area (Å²) < 4.78 is 27.3. The number of rotatable bonds is 9. The number of hydroxylamine groups is 1. The number of carbonyl (C=O) groups is 3. The Morgan fingerprint density at radius 3 is 1.76 bits per heavy atom. The average molecular weight is 465 g/mol. The Balaban J connectivity index is 2.16. The van der Waals surface area contributed by atoms with Crippen LogP contribution in [0.3, 0.4) is 0 Å². The molecule has 0 aliphatic heterocycles. The first-order valence-corrected chi connectivity index (χ1v) is 9.35. The third-order valence-corrected chi connectivity index (χ3v) is 4.36. The van der Waals surface area contributed by atoms with Crippen molar-refractivity contribution in [2.45, 2.75) is 12.5 Å². The number of halogens is 2. The monoisotopic (exact) mass is 465 g/mol. The molecule has 33 heavy (non-hydrogen) atoms. The summed E-state index contributed by atoms with van der Waals surface area (Å²) in [7, 11) is -4.07. The van der Waals surface area contributed by atoms with E-state index in [0.717, 1.165) is 36.4 Å². The first-order valence-electron chi connectivity index (χ1n) is 9.35. The summed E-state index contributed by atoms with van der Waals surface area (Å²) in [6, 6.07) is 4.11. The van der Waals surface area contributed by atoms with Crippen LogP contribution in [0.2, 0.25) is 0 Å². The first kappa shape index (κ1) is 25.9. The molecule has 0 unspecified atom stereocenters. The molecule has 0 saturated carbocycles. The van der Waals surface area contributed by atoms with E-state index in [0.29, 0.717) is 0 Å². The smallest absolute Gasteiger partial charge is 0.423 e. The molecular weight excluding hydrogens is 446 g/mol. The largest absolute Gasteiger partial charge is 0.488 e. The molecule has 11 nitrogen and oxygen atoms in total. The minimum Gasteiger partial charge on any atom is -0.423 e. The Bertz CT molecular complexity index is 1040. The number of benzene rings is 2. The van der Waals surface area contributed by atoms with E-state index in [2.05, 4.69) is 10.6 Å². The Labute approximate surface area is 186 Å². The van der Waals surface area contributed by atoms with Gasteiger partial charge in [0, 0.05) is 17.7 Å². The van der Waals surface area contributed by atoms with Gasteiger partial charge in [-0.05, 0) is 47.3 Å². The highest BCUT2D eigenvalue weighted by Gasteiger charge is 2.22. The highest BCUT2D eigenvalue weighted by molar-refractivity contribution is 6.59. The van der Waals surface area contributed by atoms with Crippen LogP contribution < -0.4 is 27.0 Å². The molecule has 1 atom stereocenters. The number of hydrogen-bond acceptors (Lipinski definition) is 8. The van der Waals surface area contributed by atoms with Gasteiger partial charge in [0.2, 0.25) is 5.91 Å². The molecule has 0 bridgehead atoms. The van der Waals surface area contributed by atoms with Crippen LogP contribution in [0.4, 0.5) is 8.78 Å². The predicted molar refractivity (Wildman–Crippen MR) is 111 cm³/mol. The fourth-order valence-electron chi connectivity index (χ4n) is 2.82. The van der Waals surface area contributed by atoms with Crippen LogP contribution in [-0.4, -0.2) is 69.8 Å². The fraction of sp³-hybridized carbons (Fsp3) is 0.167. The quantitative estimate of drug-likeness (QED) is 0.108. The highest BCUT2D eigenvalue weighted by Crippen LogP contribution is 2.06. The molecule has 8 N–H and O–H groups in total. The summed E-state index contributed by atoms with van der Waals surface area (Å²) >= 11 is 0. The molecule has 0 aromatic heterocycles. The molecule has 2 aromatic rings. The normalized spacial score (nSPS) is 11.4. The van der Waals surface area contributed by atoms with Crippen LogP contribution in [0.25, 0.3) is 0 Å². The Morgan fingerprint density at radius 1 is 0.818 bits per heavy atom. The SMILES string of the molecule is O=C(C[C@H](CNC(=O)c1cc(F)cc(B(O)O)c1)NC(=O)c1cc(F)cc(B(O)O)c1)NO. The number of carbonyl (C=O) groups excluding carboxylic acids is 3. The molecule has 2 aromatic carbocycles. The van der Waals surface area contributed by atoms with E-state index in [4.69, 9.17) is 15.3 Å². The van der Waals surface area contributed by atoms with Crippen molar-refractivity contribution in [1.29, 1.82) is 0 Å². The van der Waals surface area contributed by atoms with Gasteiger partial charge in [0.15, 0.2) is 0 Å². The van der Waals surface area contributed by atoms with Crippen molar-refractivity contribution in [3.8, 4) is 0 Å². The van der Waals surface area contributed by atoms with Crippen molar-refractivity contribution in [2.24, 2.45) is 0 Å². The summed E-state index contributed by atoms with van der Waals surface area (Å²) in [5.74, 6) is -4.59. The minimum absolute atomic E-state index is 0.276. The molecule has 2 rings (SSSR count). The Kier molecular flexibility index (Phi) is 9.02. The molecule has 0 aliphatic rings. The van der Waals surface area contributed by atoms with Crippen LogP contribution in [-0.2, 0) is 4.79 Å². The zero-order valence-corrected chi connectivity index (χ0v) is 16.8. The standard InChI is InChI=1S/C18H19B2F2N3O8/c21-13-3-9(1-11(5-13)19(29)30)17(27)23-8-15(7-16(26)25-33)24-18(28)10-2-12(20(31)32)6-14(22)4-10/h1-6,15,29-33H,7-8H2,(H,23,27)(H,24,28)(H,25,26)/t15-/m1/s1. The van der Waals surface area contributed by atoms with Crippen molar-refractivity contribution in [2.75, 3.05) is 6.54 Å². The summed E-state index contributed by atoms with van der Waals surface area (Å²) in [5, 5.41) is 50.1. The van der Waals surface area contributed by atoms with Crippen molar-refractivity contribution in [1.82, 2.24) is 16.1 Å². The lowest BCUT2D eigenvalue weighted by atomic mass is 9.79. The fourth-order valence-corrected chi connectivity index (χ4v) is 2.82. The second kappa shape index (κ2) is 11.5. The lowest BCUT2D eigenvalue weighted by Gasteiger charge is -2.19. The van der Waals surface area contributed by atoms with Crippen LogP contribution >= 0.6 is 0 Å². The van der Waals surface area contributed by atoms with Gasteiger partial charge in [-0.15, -0.1) is 0 Å². The minimum atomic E-state index is -2.05. The van der Waals surface area contributed by atoms with E-state index >= 15 is 0 Å². The second-order valence-electron chi connectivity index (χ2n) is 6.91. The van der Waals surface area contributed by atoms with Gasteiger partial charge in [0.25, 0.3) is 11.8 Å². The molecular formula is C18H19B2F2N3O8. The molecule has 0 saturated heterocycles. The average Bonchev–Trinajstić information content (AvgIpc) is 2.75. The van der Waals surface area contributed by atoms with E-state index in [-0.39, 0.29) is 22.1 Å². The molecule has 0 radical (unpaired) electrons. The first-order chi connectivity index (χ1) is 15.5. The third kappa shape index (κ3) is 7.62. The Morgan fingerprint density at radius 2 is 1.30 bits per heavy atom. The maximum atomic E-state index is 13.7. The van der Waals surface area contributed by atoms with Gasteiger partial charge in [-0.1, -0.05) is 0 Å². The van der Waals surface area contributed by atoms with Crippen LogP contribution in [0.15, 0.2) is 36.4 Å². The van der Waals surface area contributed by atoms with E-state index < -0.39 is 62.6 Å². The lowest BCUT2D eigenvalue weighted by molar-refractivity contribution is -0.129. The molecule has 174 valence electrons. The maximum Gasteiger partial charge on any atom is 0.488 e. The van der Waals surface area contributed by atoms with Gasteiger partial charge in [0.05, 0.1) is 12.5 Å². The van der Waals surface area contributed by atoms with Gasteiger partial charge in [0.1, 0.15) is 11.6 Å². The third-order valence-electron chi connectivity index (χ3n) is 4.36. The van der Waals surface area contributed by atoms with Crippen molar-refractivity contribution < 1.29 is 48.5 Å². The summed E-state index contributed by atoms with van der Waals surface area (Å²) in [4.78, 5) is 36.4. The zero-order valence-electron chi connectivity index (χ0n) is 16.8. The van der Waals surface area contributed by atoms with Gasteiger partial charge in [-0.3, -0.25) is 19.6 Å². The van der Waals surface area contributed by atoms with Crippen molar-refractivity contribution >= 4 is 42.9 Å². The summed E-state index contributed by atoms with van der Waals surface area (Å²) in [6.07, 6.45) is -0.531. The van der Waals surface area contributed by atoms with Gasteiger partial charge < -0.3 is 30.7 Å². The van der Waals surface area contributed by atoms with Gasteiger partial charge in [-0.25, -0.2) is 14.3 Å². The van der Waals surface area contributed by atoms with E-state index in [9.17, 15) is 33.2 Å². The van der Waals surface area contributed by atoms with E-state index in [1.807, 2.05) is 0 Å².